The fourth-order valence-electron chi connectivity index (χ4n) is 1.60. The number of halogens is 1. The molecule has 2 aromatic rings. The first-order chi connectivity index (χ1) is 8.43. The quantitative estimate of drug-likeness (QED) is 0.847. The van der Waals surface area contributed by atoms with Crippen molar-refractivity contribution in [1.82, 2.24) is 3.97 Å². The average Bonchev–Trinajstić information content (AvgIpc) is 2.29. The molecule has 1 aromatic heterocycles. The molecule has 1 heterocycles. The molecule has 2 rings (SSSR count). The summed E-state index contributed by atoms with van der Waals surface area (Å²) in [5, 5.41) is 0.436. The normalized spacial score (nSPS) is 11.4. The molecule has 0 unspecified atom stereocenters. The third kappa shape index (κ3) is 2.19. The van der Waals surface area contributed by atoms with Crippen LogP contribution in [0.25, 0.3) is 0 Å². The number of aryl methyl sites for hydroxylation is 1. The van der Waals surface area contributed by atoms with Crippen LogP contribution in [0.15, 0.2) is 52.2 Å². The standard InChI is InChI=1S/C12H10ClNO3S/c1-9-3-2-4-12(15)14(9)18(16,17)11-7-5-10(13)6-8-11/h2-8H,1H3. The van der Waals surface area contributed by atoms with Crippen LogP contribution < -0.4 is 5.56 Å². The number of hydrogen-bond acceptors (Lipinski definition) is 3. The molecule has 4 nitrogen and oxygen atoms in total. The maximum atomic E-state index is 12.3. The van der Waals surface area contributed by atoms with Gasteiger partial charge in [0.15, 0.2) is 0 Å². The minimum absolute atomic E-state index is 0.0308. The second kappa shape index (κ2) is 4.59. The van der Waals surface area contributed by atoms with Gasteiger partial charge in [-0.15, -0.1) is 0 Å². The molecule has 0 spiro atoms. The van der Waals surface area contributed by atoms with E-state index in [-0.39, 0.29) is 4.90 Å². The van der Waals surface area contributed by atoms with Crippen LogP contribution in [0, 0.1) is 6.92 Å². The van der Waals surface area contributed by atoms with Crippen LogP contribution in [0.1, 0.15) is 5.69 Å². The molecule has 0 amide bonds. The lowest BCUT2D eigenvalue weighted by Gasteiger charge is -2.10. The highest BCUT2D eigenvalue weighted by Crippen LogP contribution is 2.16. The molecule has 0 saturated heterocycles. The Kier molecular flexibility index (Phi) is 3.28. The summed E-state index contributed by atoms with van der Waals surface area (Å²) in [4.78, 5) is 11.7. The van der Waals surface area contributed by atoms with Gasteiger partial charge in [-0.3, -0.25) is 4.79 Å². The Bertz CT molecular complexity index is 733. The van der Waals surface area contributed by atoms with Crippen molar-refractivity contribution >= 4 is 21.6 Å². The van der Waals surface area contributed by atoms with E-state index in [2.05, 4.69) is 0 Å². The van der Waals surface area contributed by atoms with E-state index in [0.29, 0.717) is 10.7 Å². The van der Waals surface area contributed by atoms with Crippen LogP contribution in [-0.4, -0.2) is 12.4 Å². The van der Waals surface area contributed by atoms with Crippen LogP contribution in [0.2, 0.25) is 5.02 Å². The zero-order valence-electron chi connectivity index (χ0n) is 9.50. The Labute approximate surface area is 110 Å². The molecule has 0 radical (unpaired) electrons. The molecule has 0 N–H and O–H groups in total. The van der Waals surface area contributed by atoms with Crippen molar-refractivity contribution in [3.63, 3.8) is 0 Å². The molecule has 18 heavy (non-hydrogen) atoms. The van der Waals surface area contributed by atoms with Crippen molar-refractivity contribution in [2.24, 2.45) is 0 Å². The molecule has 94 valence electrons. The first-order valence-corrected chi connectivity index (χ1v) is 6.94. The van der Waals surface area contributed by atoms with Gasteiger partial charge in [0, 0.05) is 16.8 Å². The van der Waals surface area contributed by atoms with Crippen molar-refractivity contribution in [3.8, 4) is 0 Å². The smallest absolute Gasteiger partial charge is 0.268 e. The summed E-state index contributed by atoms with van der Waals surface area (Å²) in [6, 6.07) is 9.98. The summed E-state index contributed by atoms with van der Waals surface area (Å²) in [5.74, 6) is 0. The molecule has 0 atom stereocenters. The zero-order valence-corrected chi connectivity index (χ0v) is 11.1. The third-order valence-corrected chi connectivity index (χ3v) is 4.52. The highest BCUT2D eigenvalue weighted by atomic mass is 35.5. The van der Waals surface area contributed by atoms with Crippen LogP contribution in [0.5, 0.6) is 0 Å². The van der Waals surface area contributed by atoms with Crippen molar-refractivity contribution in [2.45, 2.75) is 11.8 Å². The number of hydrogen-bond donors (Lipinski definition) is 0. The Morgan fingerprint density at radius 3 is 2.22 bits per heavy atom. The van der Waals surface area contributed by atoms with Gasteiger partial charge in [0.2, 0.25) is 0 Å². The highest BCUT2D eigenvalue weighted by molar-refractivity contribution is 7.90. The summed E-state index contributed by atoms with van der Waals surface area (Å²) in [6.45, 7) is 1.56. The maximum Gasteiger partial charge on any atom is 0.270 e. The van der Waals surface area contributed by atoms with Gasteiger partial charge in [0.25, 0.3) is 15.6 Å². The fourth-order valence-corrected chi connectivity index (χ4v) is 3.15. The lowest BCUT2D eigenvalue weighted by molar-refractivity contribution is 0.584. The second-order valence-corrected chi connectivity index (χ2v) is 5.95. The fraction of sp³-hybridized carbons (Fsp3) is 0.0833. The van der Waals surface area contributed by atoms with E-state index < -0.39 is 15.6 Å². The molecule has 0 bridgehead atoms. The molecule has 1 aromatic carbocycles. The number of pyridine rings is 1. The van der Waals surface area contributed by atoms with Gasteiger partial charge in [-0.25, -0.2) is 12.4 Å². The Morgan fingerprint density at radius 1 is 1.06 bits per heavy atom. The maximum absolute atomic E-state index is 12.3. The largest absolute Gasteiger partial charge is 0.270 e. The van der Waals surface area contributed by atoms with Crippen LogP contribution in [0.3, 0.4) is 0 Å². The number of rotatable bonds is 2. The number of benzene rings is 1. The molecule has 0 saturated carbocycles. The van der Waals surface area contributed by atoms with Gasteiger partial charge >= 0.3 is 0 Å². The van der Waals surface area contributed by atoms with Crippen LogP contribution in [0.4, 0.5) is 0 Å². The van der Waals surface area contributed by atoms with E-state index in [1.165, 1.54) is 36.4 Å². The topological polar surface area (TPSA) is 56.1 Å². The van der Waals surface area contributed by atoms with Crippen molar-refractivity contribution in [3.05, 3.63) is 63.5 Å². The molecular weight excluding hydrogens is 274 g/mol. The summed E-state index contributed by atoms with van der Waals surface area (Å²) in [6.07, 6.45) is 0. The summed E-state index contributed by atoms with van der Waals surface area (Å²) in [7, 11) is -3.87. The molecular formula is C12H10ClNO3S. The predicted octanol–water partition coefficient (Wildman–Crippen LogP) is 2.05. The first-order valence-electron chi connectivity index (χ1n) is 5.13. The minimum Gasteiger partial charge on any atom is -0.268 e. The molecule has 0 aliphatic carbocycles. The molecule has 0 aliphatic rings. The lowest BCUT2D eigenvalue weighted by Crippen LogP contribution is -2.28. The van der Waals surface area contributed by atoms with Crippen LogP contribution >= 0.6 is 11.6 Å². The minimum atomic E-state index is -3.87. The lowest BCUT2D eigenvalue weighted by atomic mass is 10.4. The van der Waals surface area contributed by atoms with E-state index in [0.717, 1.165) is 3.97 Å². The van der Waals surface area contributed by atoms with Crippen molar-refractivity contribution in [2.75, 3.05) is 0 Å². The van der Waals surface area contributed by atoms with Crippen LogP contribution in [-0.2, 0) is 10.0 Å². The summed E-state index contributed by atoms with van der Waals surface area (Å²) < 4.78 is 25.4. The van der Waals surface area contributed by atoms with Gasteiger partial charge in [0.05, 0.1) is 4.90 Å². The highest BCUT2D eigenvalue weighted by Gasteiger charge is 2.19. The van der Waals surface area contributed by atoms with Crippen molar-refractivity contribution in [1.29, 1.82) is 0 Å². The monoisotopic (exact) mass is 283 g/mol. The van der Waals surface area contributed by atoms with Gasteiger partial charge < -0.3 is 0 Å². The molecule has 0 aliphatic heterocycles. The van der Waals surface area contributed by atoms with Gasteiger partial charge in [0.1, 0.15) is 0 Å². The Balaban J connectivity index is 2.70. The summed E-state index contributed by atoms with van der Waals surface area (Å²) in [5.41, 5.74) is -0.220. The first kappa shape index (κ1) is 12.9. The van der Waals surface area contributed by atoms with Gasteiger partial charge in [-0.1, -0.05) is 17.7 Å². The summed E-state index contributed by atoms with van der Waals surface area (Å²) >= 11 is 5.71. The molecule has 0 fully saturated rings. The van der Waals surface area contributed by atoms with E-state index in [9.17, 15) is 13.2 Å². The van der Waals surface area contributed by atoms with E-state index in [1.54, 1.807) is 13.0 Å². The predicted molar refractivity (Wildman–Crippen MR) is 69.5 cm³/mol. The number of aromatic nitrogens is 1. The van der Waals surface area contributed by atoms with E-state index >= 15 is 0 Å². The SMILES string of the molecule is Cc1cccc(=O)n1S(=O)(=O)c1ccc(Cl)cc1. The van der Waals surface area contributed by atoms with Gasteiger partial charge in [-0.05, 0) is 37.3 Å². The van der Waals surface area contributed by atoms with E-state index in [4.69, 9.17) is 11.6 Å². The van der Waals surface area contributed by atoms with Gasteiger partial charge in [-0.2, -0.15) is 0 Å². The van der Waals surface area contributed by atoms with Crippen molar-refractivity contribution < 1.29 is 8.42 Å². The Hall–Kier alpha value is -1.59. The number of nitrogens with zero attached hydrogens (tertiary/aromatic N) is 1. The second-order valence-electron chi connectivity index (χ2n) is 3.73. The Morgan fingerprint density at radius 2 is 1.67 bits per heavy atom. The zero-order chi connectivity index (χ0) is 13.3. The van der Waals surface area contributed by atoms with E-state index in [1.807, 2.05) is 0 Å². The average molecular weight is 284 g/mol. The molecule has 6 heteroatoms. The third-order valence-electron chi connectivity index (χ3n) is 2.45.